The van der Waals surface area contributed by atoms with Crippen LogP contribution in [0.4, 0.5) is 0 Å². The average Bonchev–Trinajstić information content (AvgIpc) is 2.67. The van der Waals surface area contributed by atoms with Gasteiger partial charge in [-0.05, 0) is 47.5 Å². The topological polar surface area (TPSA) is 35.5 Å². The molecule has 0 atom stereocenters. The number of benzene rings is 3. The molecule has 120 valence electrons. The quantitative estimate of drug-likeness (QED) is 0.471. The standard InChI is InChI=1S/C21H18O3/c22-16-17-9-11-20(12-10-17)23-13-14-24-21-8-4-7-19(15-21)18-5-2-1-3-6-18/h1-12,15-16H,13-14H2. The molecule has 0 spiro atoms. The highest BCUT2D eigenvalue weighted by Gasteiger charge is 2.00. The Labute approximate surface area is 141 Å². The molecule has 3 aromatic rings. The molecule has 3 nitrogen and oxygen atoms in total. The zero-order valence-corrected chi connectivity index (χ0v) is 13.2. The van der Waals surface area contributed by atoms with Gasteiger partial charge >= 0.3 is 0 Å². The van der Waals surface area contributed by atoms with Crippen molar-refractivity contribution in [1.29, 1.82) is 0 Å². The molecule has 24 heavy (non-hydrogen) atoms. The molecule has 3 rings (SSSR count). The molecule has 0 aliphatic carbocycles. The fourth-order valence-corrected chi connectivity index (χ4v) is 2.36. The van der Waals surface area contributed by atoms with E-state index in [9.17, 15) is 4.79 Å². The largest absolute Gasteiger partial charge is 0.490 e. The highest BCUT2D eigenvalue weighted by molar-refractivity contribution is 5.74. The third kappa shape index (κ3) is 4.23. The zero-order chi connectivity index (χ0) is 16.6. The van der Waals surface area contributed by atoms with Gasteiger partial charge in [0.05, 0.1) is 0 Å². The first kappa shape index (κ1) is 15.8. The number of aldehydes is 1. The maximum atomic E-state index is 10.6. The first-order valence-electron chi connectivity index (χ1n) is 7.81. The minimum absolute atomic E-state index is 0.440. The van der Waals surface area contributed by atoms with Gasteiger partial charge in [0.1, 0.15) is 31.0 Å². The summed E-state index contributed by atoms with van der Waals surface area (Å²) >= 11 is 0. The van der Waals surface area contributed by atoms with Crippen molar-refractivity contribution in [2.24, 2.45) is 0 Å². The van der Waals surface area contributed by atoms with Crippen molar-refractivity contribution in [3.63, 3.8) is 0 Å². The Balaban J connectivity index is 1.52. The summed E-state index contributed by atoms with van der Waals surface area (Å²) < 4.78 is 11.4. The number of carbonyl (C=O) groups excluding carboxylic acids is 1. The molecule has 3 heteroatoms. The van der Waals surface area contributed by atoms with Crippen LogP contribution in [0.25, 0.3) is 11.1 Å². The molecular weight excluding hydrogens is 300 g/mol. The van der Waals surface area contributed by atoms with Gasteiger partial charge in [-0.25, -0.2) is 0 Å². The minimum Gasteiger partial charge on any atom is -0.490 e. The number of carbonyl (C=O) groups is 1. The maximum absolute atomic E-state index is 10.6. The van der Waals surface area contributed by atoms with Crippen LogP contribution < -0.4 is 9.47 Å². The maximum Gasteiger partial charge on any atom is 0.150 e. The van der Waals surface area contributed by atoms with E-state index in [1.807, 2.05) is 36.4 Å². The van der Waals surface area contributed by atoms with Gasteiger partial charge in [0.25, 0.3) is 0 Å². The molecule has 0 radical (unpaired) electrons. The molecule has 0 fully saturated rings. The highest BCUT2D eigenvalue weighted by atomic mass is 16.5. The second-order valence-corrected chi connectivity index (χ2v) is 5.28. The van der Waals surface area contributed by atoms with E-state index in [1.165, 1.54) is 0 Å². The molecule has 0 unspecified atom stereocenters. The summed E-state index contributed by atoms with van der Waals surface area (Å²) in [5, 5.41) is 0. The first-order valence-corrected chi connectivity index (χ1v) is 7.81. The van der Waals surface area contributed by atoms with E-state index in [-0.39, 0.29) is 0 Å². The van der Waals surface area contributed by atoms with Crippen LogP contribution in [0.1, 0.15) is 10.4 Å². The molecule has 0 saturated heterocycles. The van der Waals surface area contributed by atoms with E-state index < -0.39 is 0 Å². The zero-order valence-electron chi connectivity index (χ0n) is 13.2. The summed E-state index contributed by atoms with van der Waals surface area (Å²) in [6, 6.07) is 25.2. The van der Waals surface area contributed by atoms with Crippen LogP contribution in [0.2, 0.25) is 0 Å². The molecule has 0 N–H and O–H groups in total. The third-order valence-corrected chi connectivity index (χ3v) is 3.58. The van der Waals surface area contributed by atoms with Crippen LogP contribution in [0.5, 0.6) is 11.5 Å². The molecule has 0 aromatic heterocycles. The summed E-state index contributed by atoms with van der Waals surface area (Å²) in [5.41, 5.74) is 2.92. The number of hydrogen-bond donors (Lipinski definition) is 0. The Hall–Kier alpha value is -3.07. The van der Waals surface area contributed by atoms with Gasteiger partial charge in [-0.15, -0.1) is 0 Å². The van der Waals surface area contributed by atoms with Gasteiger partial charge in [0, 0.05) is 5.56 Å². The Kier molecular flexibility index (Phi) is 5.25. The van der Waals surface area contributed by atoms with E-state index in [1.54, 1.807) is 24.3 Å². The monoisotopic (exact) mass is 318 g/mol. The lowest BCUT2D eigenvalue weighted by Gasteiger charge is -2.10. The van der Waals surface area contributed by atoms with Crippen molar-refractivity contribution in [3.05, 3.63) is 84.4 Å². The predicted octanol–water partition coefficient (Wildman–Crippen LogP) is 4.62. The summed E-state index contributed by atoms with van der Waals surface area (Å²) in [4.78, 5) is 10.6. The summed E-state index contributed by atoms with van der Waals surface area (Å²) in [6.07, 6.45) is 0.812. The Morgan fingerprint density at radius 3 is 2.04 bits per heavy atom. The van der Waals surface area contributed by atoms with Crippen molar-refractivity contribution in [2.75, 3.05) is 13.2 Å². The molecule has 0 bridgehead atoms. The van der Waals surface area contributed by atoms with Crippen molar-refractivity contribution >= 4 is 6.29 Å². The van der Waals surface area contributed by atoms with E-state index in [4.69, 9.17) is 9.47 Å². The van der Waals surface area contributed by atoms with E-state index in [0.29, 0.717) is 18.8 Å². The average molecular weight is 318 g/mol. The first-order chi connectivity index (χ1) is 11.8. The number of rotatable bonds is 7. The number of hydrogen-bond acceptors (Lipinski definition) is 3. The molecule has 0 saturated carbocycles. The van der Waals surface area contributed by atoms with Crippen molar-refractivity contribution in [3.8, 4) is 22.6 Å². The van der Waals surface area contributed by atoms with Crippen LogP contribution in [-0.2, 0) is 0 Å². The summed E-state index contributed by atoms with van der Waals surface area (Å²) in [7, 11) is 0. The van der Waals surface area contributed by atoms with Crippen molar-refractivity contribution < 1.29 is 14.3 Å². The Morgan fingerprint density at radius 1 is 0.667 bits per heavy atom. The van der Waals surface area contributed by atoms with Gasteiger partial charge < -0.3 is 9.47 Å². The van der Waals surface area contributed by atoms with Gasteiger partial charge in [-0.3, -0.25) is 4.79 Å². The lowest BCUT2D eigenvalue weighted by molar-refractivity contribution is 0.112. The summed E-state index contributed by atoms with van der Waals surface area (Å²) in [6.45, 7) is 0.893. The van der Waals surface area contributed by atoms with Gasteiger partial charge in [0.15, 0.2) is 0 Å². The van der Waals surface area contributed by atoms with E-state index in [0.717, 1.165) is 28.9 Å². The van der Waals surface area contributed by atoms with E-state index in [2.05, 4.69) is 18.2 Å². The smallest absolute Gasteiger partial charge is 0.150 e. The molecular formula is C21H18O3. The summed E-state index contributed by atoms with van der Waals surface area (Å²) in [5.74, 6) is 1.54. The molecule has 0 aliphatic rings. The minimum atomic E-state index is 0.440. The molecule has 3 aromatic carbocycles. The molecule has 0 amide bonds. The fourth-order valence-electron chi connectivity index (χ4n) is 2.36. The lowest BCUT2D eigenvalue weighted by atomic mass is 10.1. The Bertz CT molecular complexity index is 780. The molecule has 0 aliphatic heterocycles. The van der Waals surface area contributed by atoms with Crippen molar-refractivity contribution in [1.82, 2.24) is 0 Å². The van der Waals surface area contributed by atoms with Crippen LogP contribution in [-0.4, -0.2) is 19.5 Å². The second kappa shape index (κ2) is 7.97. The van der Waals surface area contributed by atoms with E-state index >= 15 is 0 Å². The molecule has 0 heterocycles. The van der Waals surface area contributed by atoms with Crippen LogP contribution in [0.15, 0.2) is 78.9 Å². The van der Waals surface area contributed by atoms with Crippen molar-refractivity contribution in [2.45, 2.75) is 0 Å². The Morgan fingerprint density at radius 2 is 1.33 bits per heavy atom. The normalized spacial score (nSPS) is 10.2. The fraction of sp³-hybridized carbons (Fsp3) is 0.0952. The lowest BCUT2D eigenvalue weighted by Crippen LogP contribution is -2.09. The van der Waals surface area contributed by atoms with Gasteiger partial charge in [-0.1, -0.05) is 42.5 Å². The van der Waals surface area contributed by atoms with Crippen LogP contribution in [0.3, 0.4) is 0 Å². The number of ether oxygens (including phenoxy) is 2. The van der Waals surface area contributed by atoms with Crippen LogP contribution in [0, 0.1) is 0 Å². The van der Waals surface area contributed by atoms with Crippen LogP contribution >= 0.6 is 0 Å². The highest BCUT2D eigenvalue weighted by Crippen LogP contribution is 2.23. The third-order valence-electron chi connectivity index (χ3n) is 3.58. The SMILES string of the molecule is O=Cc1ccc(OCCOc2cccc(-c3ccccc3)c2)cc1. The van der Waals surface area contributed by atoms with Gasteiger partial charge in [-0.2, -0.15) is 0 Å². The second-order valence-electron chi connectivity index (χ2n) is 5.28. The predicted molar refractivity (Wildman–Crippen MR) is 94.7 cm³/mol. The van der Waals surface area contributed by atoms with Gasteiger partial charge in [0.2, 0.25) is 0 Å².